The predicted molar refractivity (Wildman–Crippen MR) is 231 cm³/mol. The number of aromatic nitrogens is 1. The minimum absolute atomic E-state index is 0.142. The fourth-order valence-corrected chi connectivity index (χ4v) is 9.65. The Kier molecular flexibility index (Phi) is 11.9. The van der Waals surface area contributed by atoms with Crippen molar-refractivity contribution < 1.29 is 14.2 Å². The second-order valence-electron chi connectivity index (χ2n) is 16.1. The van der Waals surface area contributed by atoms with Crippen LogP contribution in [-0.4, -0.2) is 63.1 Å². The van der Waals surface area contributed by atoms with Gasteiger partial charge in [0.15, 0.2) is 0 Å². The lowest BCUT2D eigenvalue weighted by Crippen LogP contribution is -2.45. The molecule has 3 aromatic carbocycles. The van der Waals surface area contributed by atoms with E-state index in [2.05, 4.69) is 107 Å². The largest absolute Gasteiger partial charge is 0.496 e. The van der Waals surface area contributed by atoms with Gasteiger partial charge in [-0.1, -0.05) is 37.1 Å². The Hall–Kier alpha value is -4.40. The number of rotatable bonds is 14. The quantitative estimate of drug-likeness (QED) is 0.127. The van der Waals surface area contributed by atoms with E-state index in [0.29, 0.717) is 17.9 Å². The summed E-state index contributed by atoms with van der Waals surface area (Å²) in [5.41, 5.74) is 11.1. The van der Waals surface area contributed by atoms with Crippen LogP contribution >= 0.6 is 11.8 Å². The van der Waals surface area contributed by atoms with Gasteiger partial charge in [-0.15, -0.1) is 11.8 Å². The van der Waals surface area contributed by atoms with Gasteiger partial charge in [-0.05, 0) is 146 Å². The molecule has 4 aliphatic rings. The summed E-state index contributed by atoms with van der Waals surface area (Å²) < 4.78 is 17.9. The lowest BCUT2D eigenvalue weighted by atomic mass is 9.77. The molecule has 3 heterocycles. The van der Waals surface area contributed by atoms with Crippen LogP contribution in [0.4, 0.5) is 5.69 Å². The first-order valence-electron chi connectivity index (χ1n) is 20.6. The van der Waals surface area contributed by atoms with Gasteiger partial charge < -0.3 is 24.4 Å². The van der Waals surface area contributed by atoms with E-state index >= 15 is 0 Å². The second-order valence-corrected chi connectivity index (χ2v) is 16.9. The molecule has 0 bridgehead atoms. The van der Waals surface area contributed by atoms with Crippen molar-refractivity contribution in [3.63, 3.8) is 0 Å². The van der Waals surface area contributed by atoms with Crippen molar-refractivity contribution in [3.8, 4) is 28.5 Å². The van der Waals surface area contributed by atoms with Crippen molar-refractivity contribution in [2.24, 2.45) is 0 Å². The Bertz CT molecular complexity index is 2040. The number of ether oxygens (including phenoxy) is 3. The highest BCUT2D eigenvalue weighted by Crippen LogP contribution is 2.48. The summed E-state index contributed by atoms with van der Waals surface area (Å²) >= 11 is 1.80. The SMILES string of the molecule is COc1cc(C2C=C(CN3CCC(N(Cc4cccnc4-c4cc(OC)c(C5CCC5)c(OC)c4)c4cccc(SC)c4)CC3)C=CN2)cc(C2CCC2)c1C. The number of thioether (sulfide) groups is 1. The summed E-state index contributed by atoms with van der Waals surface area (Å²) in [6, 6.07) is 22.9. The van der Waals surface area contributed by atoms with Crippen molar-refractivity contribution in [1.82, 2.24) is 15.2 Å². The lowest BCUT2D eigenvalue weighted by molar-refractivity contribution is 0.224. The number of nitrogens with zero attached hydrogens (tertiary/aromatic N) is 3. The Labute approximate surface area is 338 Å². The van der Waals surface area contributed by atoms with Crippen molar-refractivity contribution in [3.05, 3.63) is 119 Å². The predicted octanol–water partition coefficient (Wildman–Crippen LogP) is 10.6. The van der Waals surface area contributed by atoms with Crippen LogP contribution in [-0.2, 0) is 6.54 Å². The van der Waals surface area contributed by atoms with Crippen molar-refractivity contribution in [1.29, 1.82) is 0 Å². The molecule has 1 atom stereocenters. The minimum Gasteiger partial charge on any atom is -0.496 e. The lowest BCUT2D eigenvalue weighted by Gasteiger charge is -2.40. The molecule has 0 spiro atoms. The van der Waals surface area contributed by atoms with Crippen LogP contribution in [0.2, 0.25) is 0 Å². The Balaban J connectivity index is 1.01. The van der Waals surface area contributed by atoms with Crippen molar-refractivity contribution in [2.45, 2.75) is 93.7 Å². The third kappa shape index (κ3) is 8.05. The Morgan fingerprint density at radius 1 is 0.839 bits per heavy atom. The number of benzene rings is 3. The molecule has 1 N–H and O–H groups in total. The maximum atomic E-state index is 6.00. The van der Waals surface area contributed by atoms with Gasteiger partial charge in [-0.25, -0.2) is 0 Å². The van der Waals surface area contributed by atoms with Crippen LogP contribution in [0.5, 0.6) is 17.2 Å². The number of anilines is 1. The molecule has 294 valence electrons. The van der Waals surface area contributed by atoms with Crippen molar-refractivity contribution in [2.75, 3.05) is 52.1 Å². The summed E-state index contributed by atoms with van der Waals surface area (Å²) in [4.78, 5) is 11.6. The van der Waals surface area contributed by atoms with Crippen LogP contribution in [0.1, 0.15) is 97.1 Å². The van der Waals surface area contributed by atoms with E-state index in [1.54, 1.807) is 33.1 Å². The molecule has 3 fully saturated rings. The second kappa shape index (κ2) is 17.4. The van der Waals surface area contributed by atoms with Gasteiger partial charge in [0.1, 0.15) is 17.2 Å². The number of likely N-dealkylation sites (tertiary alicyclic amines) is 1. The number of hydrogen-bond acceptors (Lipinski definition) is 8. The summed E-state index contributed by atoms with van der Waals surface area (Å²) in [6.45, 7) is 6.04. The Morgan fingerprint density at radius 2 is 1.57 bits per heavy atom. The Morgan fingerprint density at radius 3 is 2.23 bits per heavy atom. The smallest absolute Gasteiger partial charge is 0.126 e. The molecule has 8 heteroatoms. The van der Waals surface area contributed by atoms with Gasteiger partial charge in [0.25, 0.3) is 0 Å². The fourth-order valence-electron chi connectivity index (χ4n) is 9.19. The van der Waals surface area contributed by atoms with E-state index in [-0.39, 0.29) is 6.04 Å². The number of methoxy groups -OCH3 is 3. The highest BCUT2D eigenvalue weighted by Gasteiger charge is 2.30. The van der Waals surface area contributed by atoms with Gasteiger partial charge in [-0.2, -0.15) is 0 Å². The van der Waals surface area contributed by atoms with Crippen LogP contribution in [0.25, 0.3) is 11.3 Å². The van der Waals surface area contributed by atoms with Gasteiger partial charge in [0.2, 0.25) is 0 Å². The molecule has 0 radical (unpaired) electrons. The molecule has 56 heavy (non-hydrogen) atoms. The molecular formula is C48H58N4O3S. The third-order valence-electron chi connectivity index (χ3n) is 12.9. The molecular weight excluding hydrogens is 713 g/mol. The first kappa shape index (κ1) is 38.5. The van der Waals surface area contributed by atoms with Crippen LogP contribution in [0.15, 0.2) is 95.7 Å². The summed E-state index contributed by atoms with van der Waals surface area (Å²) in [5, 5.41) is 3.63. The zero-order valence-corrected chi connectivity index (χ0v) is 34.7. The molecule has 2 saturated carbocycles. The molecule has 8 rings (SSSR count). The monoisotopic (exact) mass is 770 g/mol. The van der Waals surface area contributed by atoms with Crippen molar-refractivity contribution >= 4 is 17.4 Å². The van der Waals surface area contributed by atoms with E-state index in [9.17, 15) is 0 Å². The van der Waals surface area contributed by atoms with Gasteiger partial charge >= 0.3 is 0 Å². The minimum atomic E-state index is 0.142. The summed E-state index contributed by atoms with van der Waals surface area (Å²) in [7, 11) is 5.35. The molecule has 7 nitrogen and oxygen atoms in total. The summed E-state index contributed by atoms with van der Waals surface area (Å²) in [6.07, 6.45) is 20.6. The fraction of sp³-hybridized carbons (Fsp3) is 0.438. The maximum Gasteiger partial charge on any atom is 0.126 e. The average molecular weight is 771 g/mol. The molecule has 2 aliphatic carbocycles. The van der Waals surface area contributed by atoms with E-state index in [1.807, 2.05) is 6.20 Å². The molecule has 2 aliphatic heterocycles. The third-order valence-corrected chi connectivity index (χ3v) is 13.6. The number of piperidine rings is 1. The molecule has 0 amide bonds. The van der Waals surface area contributed by atoms with Crippen LogP contribution < -0.4 is 24.4 Å². The van der Waals surface area contributed by atoms with Gasteiger partial charge in [-0.3, -0.25) is 9.88 Å². The highest BCUT2D eigenvalue weighted by atomic mass is 32.2. The highest BCUT2D eigenvalue weighted by molar-refractivity contribution is 7.98. The number of hydrogen-bond donors (Lipinski definition) is 1. The topological polar surface area (TPSA) is 59.1 Å². The normalized spacial score (nSPS) is 19.1. The van der Waals surface area contributed by atoms with E-state index in [4.69, 9.17) is 19.2 Å². The maximum absolute atomic E-state index is 6.00. The van der Waals surface area contributed by atoms with Crippen LogP contribution in [0, 0.1) is 6.92 Å². The number of dihydropyridines is 1. The standard InChI is InChI=1S/C48H58N4O3S/c1-32-42(34-10-6-11-34)25-37(26-44(32)53-2)43-24-33(17-21-49-43)30-51-22-18-39(19-23-51)52(40-15-8-16-41(29-40)56-5)31-36-14-9-20-50-48(36)38-27-45(54-3)47(35-12-7-13-35)46(28-38)55-4/h8-9,14-17,20-21,24-29,34-35,39,43,49H,6-7,10-13,18-19,22-23,30-31H2,1-5H3. The van der Waals surface area contributed by atoms with Gasteiger partial charge in [0.05, 0.1) is 33.1 Å². The van der Waals surface area contributed by atoms with Crippen LogP contribution in [0.3, 0.4) is 0 Å². The van der Waals surface area contributed by atoms with E-state index in [0.717, 1.165) is 67.5 Å². The zero-order valence-electron chi connectivity index (χ0n) is 33.9. The molecule has 4 aromatic rings. The molecule has 1 saturated heterocycles. The van der Waals surface area contributed by atoms with E-state index in [1.165, 1.54) is 82.5 Å². The molecule has 1 unspecified atom stereocenters. The zero-order chi connectivity index (χ0) is 38.6. The molecule has 1 aromatic heterocycles. The van der Waals surface area contributed by atoms with E-state index < -0.39 is 0 Å². The number of pyridine rings is 1. The first-order valence-corrected chi connectivity index (χ1v) is 21.8. The number of nitrogens with one attached hydrogen (secondary N) is 1. The van der Waals surface area contributed by atoms with Gasteiger partial charge in [0, 0.05) is 60.1 Å². The first-order chi connectivity index (χ1) is 27.5. The summed E-state index contributed by atoms with van der Waals surface area (Å²) in [5.74, 6) is 3.97. The average Bonchev–Trinajstić information content (AvgIpc) is 3.20.